The maximum absolute atomic E-state index is 11.8. The molecule has 2 heteroatoms. The third kappa shape index (κ3) is 2.50. The average molecular weight is 217 g/mol. The normalized spacial score (nSPS) is 22.7. The summed E-state index contributed by atoms with van der Waals surface area (Å²) in [4.78, 5) is 11.8. The Balaban J connectivity index is 2.20. The Kier molecular flexibility index (Phi) is 3.73. The summed E-state index contributed by atoms with van der Waals surface area (Å²) in [6.07, 6.45) is 3.57. The minimum atomic E-state index is 0.0292. The predicted molar refractivity (Wildman–Crippen MR) is 65.5 cm³/mol. The molecule has 0 amide bonds. The Morgan fingerprint density at radius 2 is 2.06 bits per heavy atom. The van der Waals surface area contributed by atoms with Crippen molar-refractivity contribution >= 4 is 5.78 Å². The molecule has 2 rings (SSSR count). The van der Waals surface area contributed by atoms with Crippen LogP contribution in [0, 0.1) is 0 Å². The standard InChI is InChI=1S/C14H19NO/c1-11(16)14(12-7-3-2-4-8-12)13-9-5-6-10-15-13/h2-4,7-8,13-15H,5-6,9-10H2,1H3/t13-,14-/m1/s1. The van der Waals surface area contributed by atoms with E-state index in [-0.39, 0.29) is 11.7 Å². The highest BCUT2D eigenvalue weighted by Gasteiger charge is 2.27. The molecule has 0 spiro atoms. The number of rotatable bonds is 3. The molecular weight excluding hydrogens is 198 g/mol. The summed E-state index contributed by atoms with van der Waals surface area (Å²) in [7, 11) is 0. The highest BCUT2D eigenvalue weighted by atomic mass is 16.1. The van der Waals surface area contributed by atoms with E-state index >= 15 is 0 Å². The second-order valence-corrected chi connectivity index (χ2v) is 4.56. The van der Waals surface area contributed by atoms with Crippen molar-refractivity contribution in [2.24, 2.45) is 0 Å². The third-order valence-corrected chi connectivity index (χ3v) is 3.35. The van der Waals surface area contributed by atoms with Crippen LogP contribution in [0.4, 0.5) is 0 Å². The van der Waals surface area contributed by atoms with E-state index < -0.39 is 0 Å². The van der Waals surface area contributed by atoms with Crippen molar-refractivity contribution in [3.05, 3.63) is 35.9 Å². The van der Waals surface area contributed by atoms with Crippen LogP contribution in [0.25, 0.3) is 0 Å². The van der Waals surface area contributed by atoms with E-state index in [2.05, 4.69) is 17.4 Å². The van der Waals surface area contributed by atoms with Crippen LogP contribution >= 0.6 is 0 Å². The first-order valence-corrected chi connectivity index (χ1v) is 6.08. The van der Waals surface area contributed by atoms with Gasteiger partial charge in [0.1, 0.15) is 5.78 Å². The smallest absolute Gasteiger partial charge is 0.138 e. The minimum Gasteiger partial charge on any atom is -0.313 e. The number of carbonyl (C=O) groups is 1. The van der Waals surface area contributed by atoms with Crippen LogP contribution < -0.4 is 5.32 Å². The monoisotopic (exact) mass is 217 g/mol. The van der Waals surface area contributed by atoms with E-state index in [0.29, 0.717) is 6.04 Å². The Morgan fingerprint density at radius 3 is 2.62 bits per heavy atom. The summed E-state index contributed by atoms with van der Waals surface area (Å²) in [5, 5.41) is 3.48. The van der Waals surface area contributed by atoms with Gasteiger partial charge in [0, 0.05) is 6.04 Å². The first-order valence-electron chi connectivity index (χ1n) is 6.08. The summed E-state index contributed by atoms with van der Waals surface area (Å²) in [5.41, 5.74) is 1.15. The van der Waals surface area contributed by atoms with Gasteiger partial charge in [-0.3, -0.25) is 4.79 Å². The summed E-state index contributed by atoms with van der Waals surface area (Å²) < 4.78 is 0. The minimum absolute atomic E-state index is 0.0292. The third-order valence-electron chi connectivity index (χ3n) is 3.35. The summed E-state index contributed by atoms with van der Waals surface area (Å²) in [6.45, 7) is 2.75. The number of piperidine rings is 1. The van der Waals surface area contributed by atoms with E-state index in [4.69, 9.17) is 0 Å². The second kappa shape index (κ2) is 5.26. The molecule has 1 aliphatic rings. The van der Waals surface area contributed by atoms with Crippen molar-refractivity contribution in [3.8, 4) is 0 Å². The van der Waals surface area contributed by atoms with E-state index in [1.165, 1.54) is 12.8 Å². The van der Waals surface area contributed by atoms with Crippen molar-refractivity contribution in [1.82, 2.24) is 5.32 Å². The second-order valence-electron chi connectivity index (χ2n) is 4.56. The first-order chi connectivity index (χ1) is 7.79. The predicted octanol–water partition coefficient (Wildman–Crippen LogP) is 2.50. The Hall–Kier alpha value is -1.15. The van der Waals surface area contributed by atoms with Gasteiger partial charge in [0.2, 0.25) is 0 Å². The van der Waals surface area contributed by atoms with E-state index in [0.717, 1.165) is 18.5 Å². The Labute approximate surface area is 97.1 Å². The maximum atomic E-state index is 11.8. The van der Waals surface area contributed by atoms with Crippen LogP contribution in [0.3, 0.4) is 0 Å². The van der Waals surface area contributed by atoms with Crippen molar-refractivity contribution in [3.63, 3.8) is 0 Å². The molecule has 2 nitrogen and oxygen atoms in total. The number of hydrogen-bond acceptors (Lipinski definition) is 2. The SMILES string of the molecule is CC(=O)[C@H](c1ccccc1)[C@H]1CCCCN1. The molecule has 1 N–H and O–H groups in total. The number of Topliss-reactive ketones (excluding diaryl/α,β-unsaturated/α-hetero) is 1. The van der Waals surface area contributed by atoms with E-state index in [1.807, 2.05) is 18.2 Å². The summed E-state index contributed by atoms with van der Waals surface area (Å²) in [6, 6.07) is 10.5. The van der Waals surface area contributed by atoms with Crippen LogP contribution in [0.1, 0.15) is 37.7 Å². The largest absolute Gasteiger partial charge is 0.313 e. The number of benzene rings is 1. The van der Waals surface area contributed by atoms with Crippen molar-refractivity contribution in [2.45, 2.75) is 38.1 Å². The molecule has 1 heterocycles. The van der Waals surface area contributed by atoms with Gasteiger partial charge in [-0.2, -0.15) is 0 Å². The highest BCUT2D eigenvalue weighted by molar-refractivity contribution is 5.84. The van der Waals surface area contributed by atoms with Crippen molar-refractivity contribution in [2.75, 3.05) is 6.54 Å². The fraction of sp³-hybridized carbons (Fsp3) is 0.500. The van der Waals surface area contributed by atoms with Gasteiger partial charge in [-0.1, -0.05) is 36.8 Å². The molecule has 1 saturated heterocycles. The molecule has 1 fully saturated rings. The van der Waals surface area contributed by atoms with Crippen LogP contribution in [-0.2, 0) is 4.79 Å². The lowest BCUT2D eigenvalue weighted by atomic mass is 9.84. The number of hydrogen-bond donors (Lipinski definition) is 1. The van der Waals surface area contributed by atoms with Gasteiger partial charge < -0.3 is 5.32 Å². The molecule has 0 aliphatic carbocycles. The lowest BCUT2D eigenvalue weighted by Crippen LogP contribution is -2.41. The van der Waals surface area contributed by atoms with Crippen molar-refractivity contribution < 1.29 is 4.79 Å². The molecule has 0 saturated carbocycles. The molecule has 1 aliphatic heterocycles. The topological polar surface area (TPSA) is 29.1 Å². The van der Waals surface area contributed by atoms with Crippen LogP contribution in [0.5, 0.6) is 0 Å². The number of carbonyl (C=O) groups excluding carboxylic acids is 1. The summed E-state index contributed by atoms with van der Waals surface area (Å²) >= 11 is 0. The molecule has 2 atom stereocenters. The molecule has 1 aromatic rings. The van der Waals surface area contributed by atoms with E-state index in [1.54, 1.807) is 6.92 Å². The van der Waals surface area contributed by atoms with Gasteiger partial charge in [0.25, 0.3) is 0 Å². The number of ketones is 1. The maximum Gasteiger partial charge on any atom is 0.138 e. The fourth-order valence-corrected chi connectivity index (χ4v) is 2.57. The van der Waals surface area contributed by atoms with Crippen LogP contribution in [0.2, 0.25) is 0 Å². The first kappa shape index (κ1) is 11.3. The molecule has 0 unspecified atom stereocenters. The zero-order chi connectivity index (χ0) is 11.4. The molecule has 0 bridgehead atoms. The quantitative estimate of drug-likeness (QED) is 0.843. The zero-order valence-electron chi connectivity index (χ0n) is 9.78. The van der Waals surface area contributed by atoms with Crippen molar-refractivity contribution in [1.29, 1.82) is 0 Å². The average Bonchev–Trinajstić information content (AvgIpc) is 2.31. The number of nitrogens with one attached hydrogen (secondary N) is 1. The fourth-order valence-electron chi connectivity index (χ4n) is 2.57. The van der Waals surface area contributed by atoms with E-state index in [9.17, 15) is 4.79 Å². The van der Waals surface area contributed by atoms with Gasteiger partial charge in [-0.25, -0.2) is 0 Å². The Morgan fingerprint density at radius 1 is 1.31 bits per heavy atom. The molecular formula is C14H19NO. The van der Waals surface area contributed by atoms with Gasteiger partial charge >= 0.3 is 0 Å². The van der Waals surface area contributed by atoms with Crippen LogP contribution in [-0.4, -0.2) is 18.4 Å². The van der Waals surface area contributed by atoms with Gasteiger partial charge in [0.05, 0.1) is 5.92 Å². The Bertz CT molecular complexity index is 341. The lowest BCUT2D eigenvalue weighted by molar-refractivity contribution is -0.119. The molecule has 0 radical (unpaired) electrons. The molecule has 86 valence electrons. The van der Waals surface area contributed by atoms with Gasteiger partial charge in [-0.15, -0.1) is 0 Å². The lowest BCUT2D eigenvalue weighted by Gasteiger charge is -2.30. The molecule has 16 heavy (non-hydrogen) atoms. The molecule has 1 aromatic carbocycles. The van der Waals surface area contributed by atoms with Gasteiger partial charge in [0.15, 0.2) is 0 Å². The zero-order valence-corrected chi connectivity index (χ0v) is 9.78. The van der Waals surface area contributed by atoms with Gasteiger partial charge in [-0.05, 0) is 31.9 Å². The summed E-state index contributed by atoms with van der Waals surface area (Å²) in [5.74, 6) is 0.298. The molecule has 0 aromatic heterocycles. The highest BCUT2D eigenvalue weighted by Crippen LogP contribution is 2.25. The van der Waals surface area contributed by atoms with Crippen LogP contribution in [0.15, 0.2) is 30.3 Å².